The Morgan fingerprint density at radius 1 is 1.35 bits per heavy atom. The molecule has 0 amide bonds. The molecule has 0 aliphatic carbocycles. The highest BCUT2D eigenvalue weighted by atomic mass is 32.2. The summed E-state index contributed by atoms with van der Waals surface area (Å²) in [6.45, 7) is 3.03. The molecule has 1 aromatic rings. The molecule has 0 unspecified atom stereocenters. The van der Waals surface area contributed by atoms with Crippen molar-refractivity contribution in [3.63, 3.8) is 0 Å². The fourth-order valence-corrected chi connectivity index (χ4v) is 1.77. The molecule has 1 heterocycles. The lowest BCUT2D eigenvalue weighted by atomic mass is 10.3. The number of sulfonamides is 1. The first-order valence-corrected chi connectivity index (χ1v) is 7.34. The molecule has 0 spiro atoms. The summed E-state index contributed by atoms with van der Waals surface area (Å²) in [5.41, 5.74) is 0. The third-order valence-electron chi connectivity index (χ3n) is 2.18. The van der Waals surface area contributed by atoms with Crippen LogP contribution in [0.1, 0.15) is 19.8 Å². The van der Waals surface area contributed by atoms with Crippen LogP contribution in [0.2, 0.25) is 0 Å². The lowest BCUT2D eigenvalue weighted by Gasteiger charge is -2.16. The van der Waals surface area contributed by atoms with Gasteiger partial charge in [0.25, 0.3) is 0 Å². The van der Waals surface area contributed by atoms with E-state index in [0.29, 0.717) is 0 Å². The van der Waals surface area contributed by atoms with Crippen molar-refractivity contribution in [2.45, 2.75) is 19.8 Å². The average Bonchev–Trinajstić information content (AvgIpc) is 2.24. The highest BCUT2D eigenvalue weighted by molar-refractivity contribution is 7.92. The number of hydrogen-bond donors (Lipinski definition) is 1. The Morgan fingerprint density at radius 2 is 2.06 bits per heavy atom. The van der Waals surface area contributed by atoms with Crippen LogP contribution in [0.5, 0.6) is 0 Å². The lowest BCUT2D eigenvalue weighted by molar-refractivity contribution is 0.606. The van der Waals surface area contributed by atoms with Crippen LogP contribution in [-0.2, 0) is 10.0 Å². The zero-order valence-corrected chi connectivity index (χ0v) is 11.2. The van der Waals surface area contributed by atoms with Crippen LogP contribution in [0, 0.1) is 0 Å². The van der Waals surface area contributed by atoms with E-state index >= 15 is 0 Å². The van der Waals surface area contributed by atoms with Crippen molar-refractivity contribution in [3.8, 4) is 0 Å². The van der Waals surface area contributed by atoms with Crippen LogP contribution in [0.25, 0.3) is 0 Å². The first kappa shape index (κ1) is 13.7. The molecule has 0 bridgehead atoms. The van der Waals surface area contributed by atoms with Crippen LogP contribution < -0.4 is 9.62 Å². The maximum absolute atomic E-state index is 11.0. The Hall–Kier alpha value is -1.37. The number of unbranched alkanes of at least 4 members (excludes halogenated alkanes) is 1. The number of rotatable bonds is 6. The van der Waals surface area contributed by atoms with E-state index in [1.54, 1.807) is 12.1 Å². The summed E-state index contributed by atoms with van der Waals surface area (Å²) in [7, 11) is -1.36. The zero-order valence-electron chi connectivity index (χ0n) is 10.3. The van der Waals surface area contributed by atoms with Gasteiger partial charge in [0.2, 0.25) is 10.0 Å². The Bertz CT molecular complexity index is 444. The quantitative estimate of drug-likeness (QED) is 0.826. The molecule has 96 valence electrons. The topological polar surface area (TPSA) is 75.2 Å². The normalized spacial score (nSPS) is 11.2. The Labute approximate surface area is 102 Å². The molecule has 6 nitrogen and oxygen atoms in total. The van der Waals surface area contributed by atoms with E-state index < -0.39 is 10.0 Å². The standard InChI is InChI=1S/C10H18N4O2S/c1-4-5-8-14(2)10-7-6-9(11-12-10)13-17(3,15)16/h6-7H,4-5,8H2,1-3H3,(H,11,13). The van der Waals surface area contributed by atoms with Crippen molar-refractivity contribution < 1.29 is 8.42 Å². The Kier molecular flexibility index (Phi) is 4.68. The van der Waals surface area contributed by atoms with Crippen LogP contribution in [0.3, 0.4) is 0 Å². The predicted molar refractivity (Wildman–Crippen MR) is 68.7 cm³/mol. The van der Waals surface area contributed by atoms with Gasteiger partial charge in [-0.1, -0.05) is 13.3 Å². The van der Waals surface area contributed by atoms with E-state index in [-0.39, 0.29) is 5.82 Å². The fraction of sp³-hybridized carbons (Fsp3) is 0.600. The summed E-state index contributed by atoms with van der Waals surface area (Å²) in [5.74, 6) is 0.970. The molecule has 0 atom stereocenters. The van der Waals surface area contributed by atoms with Gasteiger partial charge in [0.1, 0.15) is 0 Å². The molecule has 0 aliphatic heterocycles. The highest BCUT2D eigenvalue weighted by Crippen LogP contribution is 2.11. The minimum Gasteiger partial charge on any atom is -0.358 e. The van der Waals surface area contributed by atoms with Gasteiger partial charge in [-0.2, -0.15) is 0 Å². The van der Waals surface area contributed by atoms with Gasteiger partial charge in [0.05, 0.1) is 6.26 Å². The number of nitrogens with zero attached hydrogens (tertiary/aromatic N) is 3. The Morgan fingerprint density at radius 3 is 2.53 bits per heavy atom. The second-order valence-electron chi connectivity index (χ2n) is 3.93. The number of hydrogen-bond acceptors (Lipinski definition) is 5. The predicted octanol–water partition coefficient (Wildman–Crippen LogP) is 1.08. The number of aromatic nitrogens is 2. The number of nitrogens with one attached hydrogen (secondary N) is 1. The van der Waals surface area contributed by atoms with Gasteiger partial charge in [-0.3, -0.25) is 4.72 Å². The Balaban J connectivity index is 2.67. The molecule has 1 aromatic heterocycles. The monoisotopic (exact) mass is 258 g/mol. The minimum absolute atomic E-state index is 0.236. The van der Waals surface area contributed by atoms with Crippen LogP contribution in [0.4, 0.5) is 11.6 Å². The molecule has 7 heteroatoms. The fourth-order valence-electron chi connectivity index (χ4n) is 1.28. The summed E-state index contributed by atoms with van der Waals surface area (Å²) >= 11 is 0. The summed E-state index contributed by atoms with van der Waals surface area (Å²) in [5, 5.41) is 7.78. The van der Waals surface area contributed by atoms with Gasteiger partial charge in [-0.05, 0) is 18.6 Å². The van der Waals surface area contributed by atoms with Crippen molar-refractivity contribution in [1.82, 2.24) is 10.2 Å². The molecule has 0 aromatic carbocycles. The second kappa shape index (κ2) is 5.81. The van der Waals surface area contributed by atoms with E-state index in [2.05, 4.69) is 21.8 Å². The van der Waals surface area contributed by atoms with E-state index in [0.717, 1.165) is 31.5 Å². The molecule has 0 radical (unpaired) electrons. The van der Waals surface area contributed by atoms with Crippen molar-refractivity contribution in [2.75, 3.05) is 29.5 Å². The summed E-state index contributed by atoms with van der Waals surface area (Å²) in [6, 6.07) is 3.35. The first-order chi connectivity index (χ1) is 7.92. The smallest absolute Gasteiger partial charge is 0.231 e. The van der Waals surface area contributed by atoms with Gasteiger partial charge < -0.3 is 4.90 Å². The van der Waals surface area contributed by atoms with Gasteiger partial charge in [-0.25, -0.2) is 8.42 Å². The molecule has 1 N–H and O–H groups in total. The van der Waals surface area contributed by atoms with Gasteiger partial charge >= 0.3 is 0 Å². The highest BCUT2D eigenvalue weighted by Gasteiger charge is 2.06. The lowest BCUT2D eigenvalue weighted by Crippen LogP contribution is -2.20. The largest absolute Gasteiger partial charge is 0.358 e. The van der Waals surface area contributed by atoms with Gasteiger partial charge in [0, 0.05) is 13.6 Å². The average molecular weight is 258 g/mol. The SMILES string of the molecule is CCCCN(C)c1ccc(NS(C)(=O)=O)nn1. The first-order valence-electron chi connectivity index (χ1n) is 5.45. The molecule has 0 saturated carbocycles. The summed E-state index contributed by atoms with van der Waals surface area (Å²) in [4.78, 5) is 1.99. The zero-order chi connectivity index (χ0) is 12.9. The van der Waals surface area contributed by atoms with E-state index in [9.17, 15) is 8.42 Å². The van der Waals surface area contributed by atoms with E-state index in [1.807, 2.05) is 11.9 Å². The maximum Gasteiger partial charge on any atom is 0.231 e. The van der Waals surface area contributed by atoms with Crippen LogP contribution >= 0.6 is 0 Å². The molecule has 1 rings (SSSR count). The summed E-state index contributed by atoms with van der Waals surface area (Å²) < 4.78 is 24.2. The van der Waals surface area contributed by atoms with Crippen molar-refractivity contribution >= 4 is 21.7 Å². The molecule has 0 saturated heterocycles. The van der Waals surface area contributed by atoms with Crippen LogP contribution in [0.15, 0.2) is 12.1 Å². The molecular weight excluding hydrogens is 240 g/mol. The molecule has 0 fully saturated rings. The van der Waals surface area contributed by atoms with E-state index in [4.69, 9.17) is 0 Å². The molecule has 17 heavy (non-hydrogen) atoms. The van der Waals surface area contributed by atoms with Gasteiger partial charge in [0.15, 0.2) is 11.6 Å². The second-order valence-corrected chi connectivity index (χ2v) is 5.67. The number of anilines is 2. The maximum atomic E-state index is 11.0. The minimum atomic E-state index is -3.29. The summed E-state index contributed by atoms with van der Waals surface area (Å²) in [6.07, 6.45) is 3.28. The van der Waals surface area contributed by atoms with Crippen molar-refractivity contribution in [2.24, 2.45) is 0 Å². The van der Waals surface area contributed by atoms with E-state index in [1.165, 1.54) is 0 Å². The van der Waals surface area contributed by atoms with Crippen molar-refractivity contribution in [1.29, 1.82) is 0 Å². The van der Waals surface area contributed by atoms with Gasteiger partial charge in [-0.15, -0.1) is 10.2 Å². The third kappa shape index (κ3) is 4.99. The van der Waals surface area contributed by atoms with Crippen LogP contribution in [-0.4, -0.2) is 38.5 Å². The molecular formula is C10H18N4O2S. The molecule has 0 aliphatic rings. The third-order valence-corrected chi connectivity index (χ3v) is 2.76. The van der Waals surface area contributed by atoms with Crippen molar-refractivity contribution in [3.05, 3.63) is 12.1 Å².